The Morgan fingerprint density at radius 3 is 2.80 bits per heavy atom. The fraction of sp³-hybridized carbons (Fsp3) is 0.105. The van der Waals surface area contributed by atoms with Gasteiger partial charge in [0.1, 0.15) is 5.75 Å². The molecule has 4 nitrogen and oxygen atoms in total. The van der Waals surface area contributed by atoms with Crippen molar-refractivity contribution < 1.29 is 4.74 Å². The van der Waals surface area contributed by atoms with E-state index in [4.69, 9.17) is 27.9 Å². The number of rotatable bonds is 3. The lowest BCUT2D eigenvalue weighted by atomic mass is 10.1. The molecule has 4 rings (SSSR count). The molecule has 0 amide bonds. The minimum atomic E-state index is 0.523. The molecule has 6 heteroatoms. The minimum absolute atomic E-state index is 0.523. The summed E-state index contributed by atoms with van der Waals surface area (Å²) in [7, 11) is 1.66. The first-order chi connectivity index (χ1) is 12.1. The number of methoxy groups -OCH3 is 1. The van der Waals surface area contributed by atoms with E-state index in [1.54, 1.807) is 19.5 Å². The molecule has 0 aliphatic heterocycles. The van der Waals surface area contributed by atoms with E-state index in [0.717, 1.165) is 39.3 Å². The molecule has 0 unspecified atom stereocenters. The SMILES string of the molecule is COc1cn(-c2ccc3nc[nH]c3c2)c(-c2cccc(Cl)c2Cl)c1C. The van der Waals surface area contributed by atoms with Crippen LogP contribution in [-0.4, -0.2) is 21.6 Å². The molecule has 1 N–H and O–H groups in total. The van der Waals surface area contributed by atoms with Crippen LogP contribution in [-0.2, 0) is 0 Å². The van der Waals surface area contributed by atoms with Gasteiger partial charge in [0.15, 0.2) is 0 Å². The Balaban J connectivity index is 2.00. The number of hydrogen-bond donors (Lipinski definition) is 1. The number of halogens is 2. The summed E-state index contributed by atoms with van der Waals surface area (Å²) in [6.07, 6.45) is 3.64. The molecule has 0 saturated heterocycles. The second-order valence-electron chi connectivity index (χ2n) is 5.75. The number of nitrogens with one attached hydrogen (secondary N) is 1. The maximum absolute atomic E-state index is 6.49. The molecule has 0 saturated carbocycles. The van der Waals surface area contributed by atoms with Gasteiger partial charge in [-0.3, -0.25) is 0 Å². The van der Waals surface area contributed by atoms with Gasteiger partial charge in [-0.1, -0.05) is 35.3 Å². The van der Waals surface area contributed by atoms with Crippen molar-refractivity contribution in [2.45, 2.75) is 6.92 Å². The van der Waals surface area contributed by atoms with E-state index in [0.29, 0.717) is 10.0 Å². The van der Waals surface area contributed by atoms with E-state index in [1.807, 2.05) is 43.5 Å². The van der Waals surface area contributed by atoms with Crippen LogP contribution in [0.3, 0.4) is 0 Å². The Morgan fingerprint density at radius 2 is 2.00 bits per heavy atom. The van der Waals surface area contributed by atoms with Gasteiger partial charge in [-0.25, -0.2) is 4.98 Å². The number of nitrogens with zero attached hydrogens (tertiary/aromatic N) is 2. The molecule has 25 heavy (non-hydrogen) atoms. The van der Waals surface area contributed by atoms with Gasteiger partial charge < -0.3 is 14.3 Å². The van der Waals surface area contributed by atoms with Gasteiger partial charge in [0, 0.05) is 16.8 Å². The van der Waals surface area contributed by atoms with Crippen molar-refractivity contribution in [1.29, 1.82) is 0 Å². The number of fused-ring (bicyclic) bond motifs is 1. The lowest BCUT2D eigenvalue weighted by Gasteiger charge is -2.12. The summed E-state index contributed by atoms with van der Waals surface area (Å²) in [5, 5.41) is 1.05. The van der Waals surface area contributed by atoms with Gasteiger partial charge in [0.2, 0.25) is 0 Å². The highest BCUT2D eigenvalue weighted by molar-refractivity contribution is 6.43. The number of ether oxygens (including phenoxy) is 1. The monoisotopic (exact) mass is 371 g/mol. The molecular formula is C19H15Cl2N3O. The van der Waals surface area contributed by atoms with Crippen molar-refractivity contribution in [1.82, 2.24) is 14.5 Å². The molecule has 0 aliphatic carbocycles. The van der Waals surface area contributed by atoms with Crippen molar-refractivity contribution >= 4 is 34.2 Å². The van der Waals surface area contributed by atoms with E-state index < -0.39 is 0 Å². The molecule has 0 atom stereocenters. The van der Waals surface area contributed by atoms with Crippen molar-refractivity contribution in [3.05, 3.63) is 64.5 Å². The summed E-state index contributed by atoms with van der Waals surface area (Å²) >= 11 is 12.7. The van der Waals surface area contributed by atoms with Crippen LogP contribution in [0.25, 0.3) is 28.0 Å². The largest absolute Gasteiger partial charge is 0.495 e. The zero-order valence-corrected chi connectivity index (χ0v) is 15.2. The molecule has 0 spiro atoms. The second kappa shape index (κ2) is 6.14. The molecule has 0 fully saturated rings. The third-order valence-corrected chi connectivity index (χ3v) is 5.14. The molecule has 126 valence electrons. The predicted octanol–water partition coefficient (Wildman–Crippen LogP) is 5.64. The number of imidazole rings is 1. The van der Waals surface area contributed by atoms with Crippen LogP contribution in [0.5, 0.6) is 5.75 Å². The zero-order chi connectivity index (χ0) is 17.6. The van der Waals surface area contributed by atoms with Gasteiger partial charge in [0.25, 0.3) is 0 Å². The molecule has 2 heterocycles. The molecule has 2 aromatic carbocycles. The molecule has 4 aromatic rings. The number of H-pyrrole nitrogens is 1. The minimum Gasteiger partial charge on any atom is -0.495 e. The fourth-order valence-corrected chi connectivity index (χ4v) is 3.47. The average molecular weight is 372 g/mol. The Labute approximate surface area is 155 Å². The van der Waals surface area contributed by atoms with Crippen LogP contribution < -0.4 is 4.74 Å². The molecular weight excluding hydrogens is 357 g/mol. The topological polar surface area (TPSA) is 42.8 Å². The first kappa shape index (κ1) is 16.1. The van der Waals surface area contributed by atoms with Crippen LogP contribution in [0, 0.1) is 6.92 Å². The maximum atomic E-state index is 6.49. The number of hydrogen-bond acceptors (Lipinski definition) is 2. The summed E-state index contributed by atoms with van der Waals surface area (Å²) in [4.78, 5) is 7.41. The first-order valence-electron chi connectivity index (χ1n) is 7.74. The van der Waals surface area contributed by atoms with Crippen LogP contribution >= 0.6 is 23.2 Å². The van der Waals surface area contributed by atoms with Gasteiger partial charge in [-0.15, -0.1) is 0 Å². The standard InChI is InChI=1S/C19H15Cl2N3O/c1-11-17(25-2)9-24(12-6-7-15-16(8-12)23-10-22-15)19(11)13-4-3-5-14(20)18(13)21/h3-10H,1-2H3,(H,22,23). The van der Waals surface area contributed by atoms with Crippen LogP contribution in [0.4, 0.5) is 0 Å². The molecule has 0 aliphatic rings. The van der Waals surface area contributed by atoms with Gasteiger partial charge in [-0.2, -0.15) is 0 Å². The quantitative estimate of drug-likeness (QED) is 0.505. The fourth-order valence-electron chi connectivity index (χ4n) is 3.08. The Morgan fingerprint density at radius 1 is 1.16 bits per heavy atom. The summed E-state index contributed by atoms with van der Waals surface area (Å²) in [5.74, 6) is 0.788. The lowest BCUT2D eigenvalue weighted by Crippen LogP contribution is -1.97. The van der Waals surface area contributed by atoms with Crippen molar-refractivity contribution in [3.8, 4) is 22.7 Å². The maximum Gasteiger partial charge on any atom is 0.140 e. The summed E-state index contributed by atoms with van der Waals surface area (Å²) in [6, 6.07) is 11.7. The highest BCUT2D eigenvalue weighted by atomic mass is 35.5. The van der Waals surface area contributed by atoms with E-state index in [1.165, 1.54) is 0 Å². The lowest BCUT2D eigenvalue weighted by molar-refractivity contribution is 0.412. The zero-order valence-electron chi connectivity index (χ0n) is 13.7. The summed E-state index contributed by atoms with van der Waals surface area (Å²) < 4.78 is 7.60. The van der Waals surface area contributed by atoms with Gasteiger partial charge >= 0.3 is 0 Å². The Bertz CT molecular complexity index is 1080. The third-order valence-electron chi connectivity index (χ3n) is 4.32. The Hall–Kier alpha value is -2.43. The highest BCUT2D eigenvalue weighted by Crippen LogP contribution is 2.40. The van der Waals surface area contributed by atoms with Crippen LogP contribution in [0.15, 0.2) is 48.9 Å². The third kappa shape index (κ3) is 2.58. The predicted molar refractivity (Wildman–Crippen MR) is 102 cm³/mol. The van der Waals surface area contributed by atoms with Crippen molar-refractivity contribution in [3.63, 3.8) is 0 Å². The van der Waals surface area contributed by atoms with Crippen molar-refractivity contribution in [2.75, 3.05) is 7.11 Å². The molecule has 2 aromatic heterocycles. The number of aromatic nitrogens is 3. The van der Waals surface area contributed by atoms with E-state index >= 15 is 0 Å². The van der Waals surface area contributed by atoms with Crippen molar-refractivity contribution in [2.24, 2.45) is 0 Å². The van der Waals surface area contributed by atoms with E-state index in [9.17, 15) is 0 Å². The van der Waals surface area contributed by atoms with Crippen LogP contribution in [0.1, 0.15) is 5.56 Å². The molecule has 0 bridgehead atoms. The number of benzene rings is 2. The van der Waals surface area contributed by atoms with Gasteiger partial charge in [0.05, 0.1) is 46.4 Å². The average Bonchev–Trinajstić information content (AvgIpc) is 3.21. The first-order valence-corrected chi connectivity index (χ1v) is 8.49. The van der Waals surface area contributed by atoms with Gasteiger partial charge in [-0.05, 0) is 31.2 Å². The van der Waals surface area contributed by atoms with Crippen LogP contribution in [0.2, 0.25) is 10.0 Å². The molecule has 0 radical (unpaired) electrons. The highest BCUT2D eigenvalue weighted by Gasteiger charge is 2.19. The Kier molecular flexibility index (Phi) is 3.94. The van der Waals surface area contributed by atoms with E-state index in [2.05, 4.69) is 14.5 Å². The summed E-state index contributed by atoms with van der Waals surface area (Å²) in [5.41, 5.74) is 5.67. The normalized spacial score (nSPS) is 11.2. The second-order valence-corrected chi connectivity index (χ2v) is 6.53. The smallest absolute Gasteiger partial charge is 0.140 e. The summed E-state index contributed by atoms with van der Waals surface area (Å²) in [6.45, 7) is 2.01. The van der Waals surface area contributed by atoms with E-state index in [-0.39, 0.29) is 0 Å². The number of aromatic amines is 1.